The molecule has 0 aliphatic carbocycles. The van der Waals surface area contributed by atoms with E-state index in [2.05, 4.69) is 20.6 Å². The largest absolute Gasteiger partial charge is 0.491 e. The van der Waals surface area contributed by atoms with Crippen LogP contribution in [0.4, 0.5) is 5.82 Å². The maximum Gasteiger partial charge on any atom is 0.469 e. The second-order valence-electron chi connectivity index (χ2n) is 7.79. The van der Waals surface area contributed by atoms with Crippen molar-refractivity contribution in [3.8, 4) is 39.6 Å². The van der Waals surface area contributed by atoms with Crippen molar-refractivity contribution in [2.24, 2.45) is 0 Å². The molecular formula is C25H19ClN5Na2O5PS2. The molecule has 0 aliphatic heterocycles. The van der Waals surface area contributed by atoms with Gasteiger partial charge in [0.15, 0.2) is 0 Å². The van der Waals surface area contributed by atoms with Gasteiger partial charge in [-0.15, -0.1) is 11.3 Å². The number of phosphoric acid groups is 1. The van der Waals surface area contributed by atoms with Crippen molar-refractivity contribution in [3.63, 3.8) is 0 Å². The quantitative estimate of drug-likeness (QED) is 0.0928. The van der Waals surface area contributed by atoms with E-state index in [9.17, 15) is 15.1 Å². The van der Waals surface area contributed by atoms with Crippen LogP contribution in [-0.4, -0.2) is 92.1 Å². The van der Waals surface area contributed by atoms with Gasteiger partial charge in [-0.05, 0) is 29.8 Å². The van der Waals surface area contributed by atoms with E-state index in [0.717, 1.165) is 16.3 Å². The number of rotatable bonds is 10. The van der Waals surface area contributed by atoms with Crippen molar-refractivity contribution in [2.75, 3.05) is 18.9 Å². The number of halogens is 1. The molecule has 16 heteroatoms. The third kappa shape index (κ3) is 9.78. The third-order valence-corrected chi connectivity index (χ3v) is 7.89. The number of nitrogen functional groups attached to an aromatic ring is 1. The Balaban J connectivity index is 0.00000294. The molecule has 2 aromatic heterocycles. The van der Waals surface area contributed by atoms with Gasteiger partial charge in [0.25, 0.3) is 0 Å². The zero-order valence-corrected chi connectivity index (χ0v) is 29.2. The van der Waals surface area contributed by atoms with Crippen LogP contribution in [0.5, 0.6) is 5.75 Å². The average molecular weight is 646 g/mol. The average Bonchev–Trinajstić information content (AvgIpc) is 3.39. The molecule has 2 aromatic carbocycles. The van der Waals surface area contributed by atoms with Crippen LogP contribution in [0.15, 0.2) is 58.9 Å². The number of hydrogen-bond donors (Lipinski definition) is 3. The number of aromatic nitrogens is 2. The van der Waals surface area contributed by atoms with Crippen molar-refractivity contribution in [1.29, 1.82) is 10.5 Å². The summed E-state index contributed by atoms with van der Waals surface area (Å²) in [7, 11) is -4.57. The summed E-state index contributed by atoms with van der Waals surface area (Å²) >= 11 is 8.76. The number of phosphoric ester groups is 1. The zero-order valence-electron chi connectivity index (χ0n) is 21.9. The number of ether oxygens (including phenoxy) is 1. The minimum Gasteiger partial charge on any atom is -0.491 e. The molecule has 2 heterocycles. The van der Waals surface area contributed by atoms with Gasteiger partial charge >= 0.3 is 7.82 Å². The van der Waals surface area contributed by atoms with Gasteiger partial charge in [0.1, 0.15) is 45.9 Å². The Labute approximate surface area is 293 Å². The number of pyridine rings is 1. The first-order valence-corrected chi connectivity index (χ1v) is 14.9. The molecule has 4 aromatic rings. The van der Waals surface area contributed by atoms with Gasteiger partial charge in [-0.25, -0.2) is 14.5 Å². The first-order chi connectivity index (χ1) is 18.7. The van der Waals surface area contributed by atoms with Crippen LogP contribution in [-0.2, 0) is 14.8 Å². The van der Waals surface area contributed by atoms with Gasteiger partial charge in [-0.1, -0.05) is 47.6 Å². The van der Waals surface area contributed by atoms with Crippen molar-refractivity contribution < 1.29 is 23.6 Å². The molecule has 0 unspecified atom stereocenters. The fourth-order valence-corrected chi connectivity index (χ4v) is 5.72. The zero-order chi connectivity index (χ0) is 28.0. The van der Waals surface area contributed by atoms with Gasteiger partial charge in [0.05, 0.1) is 17.9 Å². The van der Waals surface area contributed by atoms with E-state index in [4.69, 9.17) is 31.9 Å². The van der Waals surface area contributed by atoms with Gasteiger partial charge < -0.3 is 20.3 Å². The summed E-state index contributed by atoms with van der Waals surface area (Å²) in [6.07, 6.45) is 0. The van der Waals surface area contributed by atoms with E-state index in [1.165, 1.54) is 23.1 Å². The second-order valence-corrected chi connectivity index (χ2v) is 11.3. The number of hydrogen-bond acceptors (Lipinski definition) is 10. The number of benzene rings is 2. The normalized spacial score (nSPS) is 10.6. The number of thiazole rings is 1. The molecule has 0 saturated heterocycles. The van der Waals surface area contributed by atoms with E-state index in [1.54, 1.807) is 36.4 Å². The SMILES string of the molecule is N#Cc1c(N)nc(SCc2csc(-c3ccc(Cl)cc3)n2)c(C#N)c1-c1ccc(OCCOP(=O)(O)O)cc1.[Na].[Na]. The Kier molecular flexibility index (Phi) is 14.3. The Morgan fingerprint density at radius 2 is 1.61 bits per heavy atom. The molecule has 200 valence electrons. The summed E-state index contributed by atoms with van der Waals surface area (Å²) in [5.41, 5.74) is 9.06. The maximum absolute atomic E-state index is 10.8. The summed E-state index contributed by atoms with van der Waals surface area (Å²) in [5, 5.41) is 23.6. The standard InChI is InChI=1S/C25H19ClN5O5PS2.2Na/c26-17-5-1-16(2-6-17)24-30-18(13-38-24)14-39-25-21(12-28)22(20(11-27)23(29)31-25)15-3-7-19(8-4-15)35-9-10-36-37(32,33)34;;/h1-8,13H,9-10,14H2,(H2,29,31)(H2,32,33,34);;. The Bertz CT molecular complexity index is 1620. The molecule has 0 bridgehead atoms. The van der Waals surface area contributed by atoms with E-state index in [1.807, 2.05) is 23.6 Å². The van der Waals surface area contributed by atoms with Crippen LogP contribution in [0.1, 0.15) is 16.8 Å². The van der Waals surface area contributed by atoms with Crippen molar-refractivity contribution in [1.82, 2.24) is 9.97 Å². The number of nitrogens with two attached hydrogens (primary N) is 1. The number of nitrogens with zero attached hydrogens (tertiary/aromatic N) is 4. The predicted octanol–water partition coefficient (Wildman–Crippen LogP) is 4.87. The number of thioether (sulfide) groups is 1. The first-order valence-electron chi connectivity index (χ1n) is 11.1. The van der Waals surface area contributed by atoms with Crippen LogP contribution >= 0.6 is 42.5 Å². The number of anilines is 1. The van der Waals surface area contributed by atoms with Gasteiger partial charge in [-0.2, -0.15) is 10.5 Å². The minimum absolute atomic E-state index is 0. The monoisotopic (exact) mass is 645 g/mol. The summed E-state index contributed by atoms with van der Waals surface area (Å²) in [4.78, 5) is 26.5. The van der Waals surface area contributed by atoms with Crippen molar-refractivity contribution in [3.05, 3.63) is 75.8 Å². The molecule has 0 atom stereocenters. The van der Waals surface area contributed by atoms with Gasteiger partial charge in [0, 0.05) is 86.4 Å². The molecule has 4 N–H and O–H groups in total. The molecule has 0 aliphatic rings. The third-order valence-electron chi connectivity index (χ3n) is 5.17. The molecule has 0 fully saturated rings. The second kappa shape index (κ2) is 16.4. The van der Waals surface area contributed by atoms with E-state index in [-0.39, 0.29) is 89.3 Å². The predicted molar refractivity (Wildman–Crippen MR) is 161 cm³/mol. The van der Waals surface area contributed by atoms with Crippen LogP contribution in [0.3, 0.4) is 0 Å². The van der Waals surface area contributed by atoms with Crippen LogP contribution in [0.2, 0.25) is 5.02 Å². The molecule has 10 nitrogen and oxygen atoms in total. The van der Waals surface area contributed by atoms with Crippen LogP contribution in [0.25, 0.3) is 21.7 Å². The van der Waals surface area contributed by atoms with E-state index in [0.29, 0.717) is 32.7 Å². The molecular weight excluding hydrogens is 627 g/mol. The van der Waals surface area contributed by atoms with Crippen molar-refractivity contribution >= 4 is 107 Å². The molecule has 0 spiro atoms. The van der Waals surface area contributed by atoms with E-state index < -0.39 is 7.82 Å². The summed E-state index contributed by atoms with van der Waals surface area (Å²) in [6.45, 7) is -0.387. The van der Waals surface area contributed by atoms with E-state index >= 15 is 0 Å². The smallest absolute Gasteiger partial charge is 0.469 e. The van der Waals surface area contributed by atoms with Crippen LogP contribution in [0, 0.1) is 22.7 Å². The Morgan fingerprint density at radius 1 is 0.976 bits per heavy atom. The van der Waals surface area contributed by atoms with Crippen LogP contribution < -0.4 is 10.5 Å². The fraction of sp³-hybridized carbons (Fsp3) is 0.120. The minimum atomic E-state index is -4.57. The molecule has 4 rings (SSSR count). The first kappa shape index (κ1) is 35.7. The van der Waals surface area contributed by atoms with Gasteiger partial charge in [0.2, 0.25) is 0 Å². The maximum atomic E-state index is 10.8. The topological polar surface area (TPSA) is 175 Å². The fourth-order valence-electron chi connectivity index (χ4n) is 3.47. The van der Waals surface area contributed by atoms with Gasteiger partial charge in [-0.3, -0.25) is 4.52 Å². The summed E-state index contributed by atoms with van der Waals surface area (Å²) in [6, 6.07) is 18.1. The summed E-state index contributed by atoms with van der Waals surface area (Å²) < 4.78 is 20.5. The number of nitriles is 2. The molecule has 2 radical (unpaired) electrons. The molecule has 0 amide bonds. The Hall–Kier alpha value is -1.45. The van der Waals surface area contributed by atoms with Crippen molar-refractivity contribution in [2.45, 2.75) is 10.8 Å². The molecule has 41 heavy (non-hydrogen) atoms. The Morgan fingerprint density at radius 3 is 2.22 bits per heavy atom. The summed E-state index contributed by atoms with van der Waals surface area (Å²) in [5.74, 6) is 0.839. The molecule has 0 saturated carbocycles.